The van der Waals surface area contributed by atoms with Gasteiger partial charge in [0.15, 0.2) is 6.23 Å². The molecule has 0 saturated carbocycles. The van der Waals surface area contributed by atoms with Crippen LogP contribution in [0.1, 0.15) is 61.6 Å². The third-order valence-corrected chi connectivity index (χ3v) is 17.9. The topological polar surface area (TPSA) is 119 Å². The lowest BCUT2D eigenvalue weighted by Gasteiger charge is -2.51. The number of hydrogen-bond donors (Lipinski definition) is 1. The van der Waals surface area contributed by atoms with Gasteiger partial charge in [-0.3, -0.25) is 14.3 Å². The number of nitrogens with zero attached hydrogens (tertiary/aromatic N) is 1. The normalized spacial score (nSPS) is 30.3. The van der Waals surface area contributed by atoms with E-state index in [0.717, 1.165) is 0 Å². The monoisotopic (exact) mass is 558 g/mol. The van der Waals surface area contributed by atoms with Crippen molar-refractivity contribution in [3.63, 3.8) is 0 Å². The molecule has 0 radical (unpaired) electrons. The average molecular weight is 559 g/mol. The van der Waals surface area contributed by atoms with Crippen LogP contribution >= 0.6 is 0 Å². The summed E-state index contributed by atoms with van der Waals surface area (Å²) in [5.41, 5.74) is -0.516. The van der Waals surface area contributed by atoms with Crippen LogP contribution in [-0.2, 0) is 31.9 Å². The molecule has 3 fully saturated rings. The second-order valence-corrected chi connectivity index (χ2v) is 20.1. The van der Waals surface area contributed by atoms with Crippen molar-refractivity contribution >= 4 is 17.1 Å². The molecular weight excluding hydrogens is 516 g/mol. The van der Waals surface area contributed by atoms with Gasteiger partial charge in [-0.25, -0.2) is 4.79 Å². The predicted molar refractivity (Wildman–Crippen MR) is 140 cm³/mol. The Bertz CT molecular complexity index is 1020. The van der Waals surface area contributed by atoms with E-state index in [1.165, 1.54) is 16.8 Å². The first-order chi connectivity index (χ1) is 17.4. The van der Waals surface area contributed by atoms with Crippen LogP contribution in [0.4, 0.5) is 0 Å². The van der Waals surface area contributed by atoms with Crippen molar-refractivity contribution in [3.8, 4) is 0 Å². The van der Waals surface area contributed by atoms with Crippen LogP contribution in [0.25, 0.3) is 0 Å². The van der Waals surface area contributed by atoms with E-state index in [1.54, 1.807) is 0 Å². The summed E-state index contributed by atoms with van der Waals surface area (Å²) in [6, 6.07) is 1.28. The summed E-state index contributed by atoms with van der Waals surface area (Å²) in [7, 11) is -5.74. The van der Waals surface area contributed by atoms with Crippen LogP contribution in [0, 0.1) is 0 Å². The van der Waals surface area contributed by atoms with E-state index in [9.17, 15) is 9.59 Å². The molecule has 3 saturated heterocycles. The Kier molecular flexibility index (Phi) is 8.68. The molecule has 4 heterocycles. The Morgan fingerprint density at radius 3 is 2.08 bits per heavy atom. The summed E-state index contributed by atoms with van der Waals surface area (Å²) in [4.78, 5) is 26.9. The summed E-state index contributed by atoms with van der Waals surface area (Å²) in [5, 5.41) is 0. The first-order valence-electron chi connectivity index (χ1n) is 13.3. The quantitative estimate of drug-likeness (QED) is 0.504. The summed E-state index contributed by atoms with van der Waals surface area (Å²) >= 11 is 0. The molecule has 1 N–H and O–H groups in total. The van der Waals surface area contributed by atoms with Crippen LogP contribution in [0.2, 0.25) is 22.2 Å². The van der Waals surface area contributed by atoms with Gasteiger partial charge in [-0.05, 0) is 22.2 Å². The van der Waals surface area contributed by atoms with Crippen LogP contribution in [0.3, 0.4) is 0 Å². The van der Waals surface area contributed by atoms with E-state index in [2.05, 4.69) is 60.4 Å². The molecule has 1 aromatic heterocycles. The summed E-state index contributed by atoms with van der Waals surface area (Å²) in [5.74, 6) is 0. The Morgan fingerprint density at radius 2 is 1.54 bits per heavy atom. The maximum absolute atomic E-state index is 12.8. The van der Waals surface area contributed by atoms with Crippen molar-refractivity contribution in [3.05, 3.63) is 33.1 Å². The molecule has 3 aliphatic heterocycles. The van der Waals surface area contributed by atoms with Crippen LogP contribution in [0.5, 0.6) is 0 Å². The van der Waals surface area contributed by atoms with Gasteiger partial charge in [0, 0.05) is 12.3 Å². The number of H-pyrrole nitrogens is 1. The first-order valence-corrected chi connectivity index (χ1v) is 17.2. The van der Waals surface area contributed by atoms with E-state index < -0.39 is 59.4 Å². The number of hydrogen-bond acceptors (Lipinski definition) is 9. The van der Waals surface area contributed by atoms with E-state index >= 15 is 0 Å². The first kappa shape index (κ1) is 28.8. The lowest BCUT2D eigenvalue weighted by Crippen LogP contribution is -2.66. The molecule has 4 atom stereocenters. The molecule has 13 heteroatoms. The number of ether oxygens (including phenoxy) is 4. The predicted octanol–water partition coefficient (Wildman–Crippen LogP) is 3.11. The minimum absolute atomic E-state index is 0.105. The fraction of sp³-hybridized carbons (Fsp3) is 0.833. The maximum atomic E-state index is 12.8. The van der Waals surface area contributed by atoms with Gasteiger partial charge < -0.3 is 31.9 Å². The van der Waals surface area contributed by atoms with Crippen molar-refractivity contribution < 1.29 is 31.9 Å². The van der Waals surface area contributed by atoms with Crippen LogP contribution < -0.4 is 11.2 Å². The fourth-order valence-corrected chi connectivity index (χ4v) is 16.9. The summed E-state index contributed by atoms with van der Waals surface area (Å²) < 4.78 is 46.4. The molecule has 0 bridgehead atoms. The zero-order valence-corrected chi connectivity index (χ0v) is 25.1. The van der Waals surface area contributed by atoms with Gasteiger partial charge in [0.25, 0.3) is 12.0 Å². The summed E-state index contributed by atoms with van der Waals surface area (Å²) in [6.07, 6.45) is -1.41. The largest absolute Gasteiger partial charge is 0.414 e. The van der Waals surface area contributed by atoms with Crippen molar-refractivity contribution in [2.75, 3.05) is 19.8 Å². The number of rotatable bonds is 7. The Balaban J connectivity index is 1.81. The molecule has 0 aliphatic carbocycles. The number of nitrogens with one attached hydrogen (secondary N) is 1. The number of fused-ring (bicyclic) bond motifs is 1. The standard InChI is InChI=1S/C24H42N2O9Si2/c1-14(2)36(15(3)4)31-13-18-20(34-37(35-36,16(5)6)17(7)8)21(33-24-29-11-12-30-24)22(32-18)26-10-9-19(27)25-23(26)28/h9-10,14-18,20-22,24H,11-13H2,1-8H3,(H,25,27,28)/t18-,20-,21-,22-/m1/s1. The van der Waals surface area contributed by atoms with Gasteiger partial charge >= 0.3 is 22.8 Å². The fourth-order valence-electron chi connectivity index (χ4n) is 5.66. The van der Waals surface area contributed by atoms with Crippen LogP contribution in [-0.4, -0.2) is 71.3 Å². The molecule has 4 rings (SSSR count). The average Bonchev–Trinajstić information content (AvgIpc) is 3.42. The molecule has 11 nitrogen and oxygen atoms in total. The smallest absolute Gasteiger partial charge is 0.335 e. The third-order valence-electron chi connectivity index (χ3n) is 7.60. The van der Waals surface area contributed by atoms with Gasteiger partial charge in [-0.15, -0.1) is 0 Å². The molecule has 0 aromatic carbocycles. The number of aromatic amines is 1. The van der Waals surface area contributed by atoms with E-state index in [4.69, 9.17) is 31.9 Å². The molecule has 0 spiro atoms. The Morgan fingerprint density at radius 1 is 0.946 bits per heavy atom. The Hall–Kier alpha value is -1.17. The van der Waals surface area contributed by atoms with Crippen molar-refractivity contribution in [2.24, 2.45) is 0 Å². The number of aromatic nitrogens is 2. The van der Waals surface area contributed by atoms with Gasteiger partial charge in [0.2, 0.25) is 0 Å². The second-order valence-electron chi connectivity index (χ2n) is 11.3. The molecule has 1 aromatic rings. The van der Waals surface area contributed by atoms with Crippen molar-refractivity contribution in [1.29, 1.82) is 0 Å². The third kappa shape index (κ3) is 5.34. The van der Waals surface area contributed by atoms with Gasteiger partial charge in [0.1, 0.15) is 18.3 Å². The van der Waals surface area contributed by atoms with Crippen LogP contribution in [0.15, 0.2) is 21.9 Å². The highest BCUT2D eigenvalue weighted by atomic mass is 28.5. The van der Waals surface area contributed by atoms with E-state index in [1.807, 2.05) is 0 Å². The van der Waals surface area contributed by atoms with Crippen molar-refractivity contribution in [1.82, 2.24) is 9.55 Å². The molecular formula is C24H42N2O9Si2. The maximum Gasteiger partial charge on any atom is 0.335 e. The minimum Gasteiger partial charge on any atom is -0.414 e. The molecule has 37 heavy (non-hydrogen) atoms. The summed E-state index contributed by atoms with van der Waals surface area (Å²) in [6.45, 7) is 17.3. The highest BCUT2D eigenvalue weighted by molar-refractivity contribution is 6.83. The molecule has 210 valence electrons. The second kappa shape index (κ2) is 11.1. The zero-order valence-electron chi connectivity index (χ0n) is 23.1. The van der Waals surface area contributed by atoms with E-state index in [0.29, 0.717) is 13.2 Å². The molecule has 0 amide bonds. The van der Waals surface area contributed by atoms with Gasteiger partial charge in [-0.1, -0.05) is 55.4 Å². The molecule has 0 unspecified atom stereocenters. The van der Waals surface area contributed by atoms with Gasteiger partial charge in [-0.2, -0.15) is 0 Å². The lowest BCUT2D eigenvalue weighted by atomic mass is 10.1. The Labute approximate surface area is 220 Å². The zero-order chi connectivity index (χ0) is 27.1. The lowest BCUT2D eigenvalue weighted by molar-refractivity contribution is -0.271. The SMILES string of the molecule is CC(C)[Si]1(C(C)C)OC[C@H]2O[C@@H](n3ccc(=O)[nH]c3=O)[C@H](OC3OCCO3)[C@@H]2O[Si](C(C)C)(C(C)C)O1. The highest BCUT2D eigenvalue weighted by Gasteiger charge is 2.62. The molecule has 3 aliphatic rings. The highest BCUT2D eigenvalue weighted by Crippen LogP contribution is 2.48. The van der Waals surface area contributed by atoms with Crippen molar-refractivity contribution in [2.45, 2.75) is 109 Å². The van der Waals surface area contributed by atoms with Gasteiger partial charge in [0.05, 0.1) is 19.8 Å². The van der Waals surface area contributed by atoms with E-state index in [-0.39, 0.29) is 28.8 Å². The minimum atomic E-state index is -2.97.